The summed E-state index contributed by atoms with van der Waals surface area (Å²) in [5.74, 6) is -0.0924. The van der Waals surface area contributed by atoms with Gasteiger partial charge < -0.3 is 4.90 Å². The van der Waals surface area contributed by atoms with Crippen LogP contribution < -0.4 is 0 Å². The Kier molecular flexibility index (Phi) is 5.18. The van der Waals surface area contributed by atoms with E-state index in [0.717, 1.165) is 10.9 Å². The number of carbonyl (C=O) groups is 1. The number of rotatable bonds is 3. The summed E-state index contributed by atoms with van der Waals surface area (Å²) in [7, 11) is -3.57. The molecule has 4 rings (SSSR count). The fourth-order valence-corrected chi connectivity index (χ4v) is 5.32. The lowest BCUT2D eigenvalue weighted by Gasteiger charge is -2.34. The quantitative estimate of drug-likeness (QED) is 0.602. The number of amides is 1. The van der Waals surface area contributed by atoms with Crippen molar-refractivity contribution in [1.29, 1.82) is 0 Å². The largest absolute Gasteiger partial charge is 0.336 e. The minimum Gasteiger partial charge on any atom is -0.336 e. The number of benzene rings is 2. The van der Waals surface area contributed by atoms with Crippen LogP contribution in [0.2, 0.25) is 0 Å². The number of carbonyl (C=O) groups excluding carboxylic acids is 1. The molecule has 144 valence electrons. The summed E-state index contributed by atoms with van der Waals surface area (Å²) in [5, 5.41) is 0.907. The van der Waals surface area contributed by atoms with Crippen LogP contribution >= 0.6 is 15.9 Å². The van der Waals surface area contributed by atoms with E-state index in [1.54, 1.807) is 41.4 Å². The van der Waals surface area contributed by atoms with Crippen LogP contribution in [0.3, 0.4) is 0 Å². The second-order valence-corrected chi connectivity index (χ2v) is 9.42. The smallest absolute Gasteiger partial charge is 0.253 e. The summed E-state index contributed by atoms with van der Waals surface area (Å²) >= 11 is 3.31. The number of halogens is 1. The molecule has 0 radical (unpaired) electrons. The van der Waals surface area contributed by atoms with Crippen molar-refractivity contribution < 1.29 is 13.2 Å². The first-order valence-electron chi connectivity index (χ1n) is 8.85. The van der Waals surface area contributed by atoms with Crippen molar-refractivity contribution in [1.82, 2.24) is 14.2 Å². The number of fused-ring (bicyclic) bond motifs is 1. The molecule has 6 nitrogen and oxygen atoms in total. The molecule has 1 saturated heterocycles. The van der Waals surface area contributed by atoms with E-state index in [1.807, 2.05) is 24.3 Å². The molecule has 1 aliphatic rings. The maximum Gasteiger partial charge on any atom is 0.253 e. The van der Waals surface area contributed by atoms with Gasteiger partial charge in [0, 0.05) is 47.8 Å². The van der Waals surface area contributed by atoms with Crippen molar-refractivity contribution >= 4 is 42.8 Å². The lowest BCUT2D eigenvalue weighted by atomic mass is 10.1. The average Bonchev–Trinajstić information content (AvgIpc) is 2.73. The van der Waals surface area contributed by atoms with Crippen molar-refractivity contribution in [3.63, 3.8) is 0 Å². The SMILES string of the molecule is O=C(c1ccc2ncccc2c1)N1CCN(S(=O)(=O)c2cccc(Br)c2)CC1. The van der Waals surface area contributed by atoms with Crippen LogP contribution in [0.25, 0.3) is 10.9 Å². The highest BCUT2D eigenvalue weighted by molar-refractivity contribution is 9.10. The molecule has 3 aromatic rings. The van der Waals surface area contributed by atoms with E-state index < -0.39 is 10.0 Å². The van der Waals surface area contributed by atoms with E-state index in [2.05, 4.69) is 20.9 Å². The van der Waals surface area contributed by atoms with Crippen molar-refractivity contribution in [2.24, 2.45) is 0 Å². The van der Waals surface area contributed by atoms with Gasteiger partial charge in [0.2, 0.25) is 10.0 Å². The highest BCUT2D eigenvalue weighted by Gasteiger charge is 2.30. The number of hydrogen-bond acceptors (Lipinski definition) is 4. The Bertz CT molecular complexity index is 1140. The third-order valence-corrected chi connectivity index (χ3v) is 7.20. The first-order chi connectivity index (χ1) is 13.4. The number of sulfonamides is 1. The van der Waals surface area contributed by atoms with Gasteiger partial charge in [-0.3, -0.25) is 9.78 Å². The van der Waals surface area contributed by atoms with Crippen LogP contribution in [0.4, 0.5) is 0 Å². The summed E-state index contributed by atoms with van der Waals surface area (Å²) in [6.07, 6.45) is 1.72. The number of hydrogen-bond donors (Lipinski definition) is 0. The van der Waals surface area contributed by atoms with Crippen molar-refractivity contribution in [2.45, 2.75) is 4.90 Å². The highest BCUT2D eigenvalue weighted by atomic mass is 79.9. The highest BCUT2D eigenvalue weighted by Crippen LogP contribution is 2.22. The molecule has 2 heterocycles. The van der Waals surface area contributed by atoms with Gasteiger partial charge in [-0.2, -0.15) is 4.31 Å². The summed E-state index contributed by atoms with van der Waals surface area (Å²) < 4.78 is 27.8. The standard InChI is InChI=1S/C20H18BrN3O3S/c21-17-4-1-5-18(14-17)28(26,27)24-11-9-23(10-12-24)20(25)16-6-7-19-15(13-16)3-2-8-22-19/h1-8,13-14H,9-12H2. The molecular formula is C20H18BrN3O3S. The zero-order valence-corrected chi connectivity index (χ0v) is 17.4. The topological polar surface area (TPSA) is 70.6 Å². The van der Waals surface area contributed by atoms with Crippen molar-refractivity contribution in [2.75, 3.05) is 26.2 Å². The van der Waals surface area contributed by atoms with Crippen LogP contribution in [0, 0.1) is 0 Å². The molecule has 0 saturated carbocycles. The van der Waals surface area contributed by atoms with Crippen LogP contribution in [-0.4, -0.2) is 54.7 Å². The van der Waals surface area contributed by atoms with E-state index in [0.29, 0.717) is 23.1 Å². The van der Waals surface area contributed by atoms with Gasteiger partial charge >= 0.3 is 0 Å². The number of aromatic nitrogens is 1. The Balaban J connectivity index is 1.48. The minimum absolute atomic E-state index is 0.0924. The van der Waals surface area contributed by atoms with Gasteiger partial charge in [0.1, 0.15) is 0 Å². The molecule has 1 amide bonds. The van der Waals surface area contributed by atoms with Crippen LogP contribution in [0.15, 0.2) is 70.2 Å². The van der Waals surface area contributed by atoms with Crippen LogP contribution in [-0.2, 0) is 10.0 Å². The van der Waals surface area contributed by atoms with Crippen LogP contribution in [0.1, 0.15) is 10.4 Å². The van der Waals surface area contributed by atoms with Gasteiger partial charge in [0.05, 0.1) is 10.4 Å². The molecular weight excluding hydrogens is 442 g/mol. The van der Waals surface area contributed by atoms with Gasteiger partial charge in [-0.25, -0.2) is 8.42 Å². The second-order valence-electron chi connectivity index (χ2n) is 6.56. The van der Waals surface area contributed by atoms with Gasteiger partial charge in [0.25, 0.3) is 5.91 Å². The normalized spacial score (nSPS) is 15.7. The summed E-state index contributed by atoms with van der Waals surface area (Å²) in [6.45, 7) is 1.26. The predicted octanol–water partition coefficient (Wildman–Crippen LogP) is 3.14. The van der Waals surface area contributed by atoms with Gasteiger partial charge in [0.15, 0.2) is 0 Å². The molecule has 0 bridgehead atoms. The minimum atomic E-state index is -3.57. The number of piperazine rings is 1. The lowest BCUT2D eigenvalue weighted by molar-refractivity contribution is 0.0698. The average molecular weight is 460 g/mol. The summed E-state index contributed by atoms with van der Waals surface area (Å²) in [5.41, 5.74) is 1.42. The van der Waals surface area contributed by atoms with E-state index in [1.165, 1.54) is 4.31 Å². The molecule has 2 aromatic carbocycles. The number of nitrogens with zero attached hydrogens (tertiary/aromatic N) is 3. The molecule has 0 aliphatic carbocycles. The maximum absolute atomic E-state index is 12.8. The molecule has 8 heteroatoms. The van der Waals surface area contributed by atoms with E-state index in [4.69, 9.17) is 0 Å². The Morgan fingerprint density at radius 2 is 1.75 bits per heavy atom. The Morgan fingerprint density at radius 3 is 2.50 bits per heavy atom. The molecule has 0 unspecified atom stereocenters. The first-order valence-corrected chi connectivity index (χ1v) is 11.1. The maximum atomic E-state index is 12.8. The molecule has 0 N–H and O–H groups in total. The lowest BCUT2D eigenvalue weighted by Crippen LogP contribution is -2.50. The van der Waals surface area contributed by atoms with Crippen molar-refractivity contribution in [3.05, 3.63) is 70.8 Å². The second kappa shape index (κ2) is 7.62. The van der Waals surface area contributed by atoms with Crippen LogP contribution in [0.5, 0.6) is 0 Å². The van der Waals surface area contributed by atoms with Gasteiger partial charge in [-0.1, -0.05) is 28.1 Å². The fraction of sp³-hybridized carbons (Fsp3) is 0.200. The third-order valence-electron chi connectivity index (χ3n) is 4.81. The van der Waals surface area contributed by atoms with E-state index in [9.17, 15) is 13.2 Å². The Labute approximate surface area is 172 Å². The molecule has 1 aromatic heterocycles. The summed E-state index contributed by atoms with van der Waals surface area (Å²) in [4.78, 5) is 19.1. The number of pyridine rings is 1. The monoisotopic (exact) mass is 459 g/mol. The fourth-order valence-electron chi connectivity index (χ4n) is 3.30. The Hall–Kier alpha value is -2.29. The molecule has 0 atom stereocenters. The molecule has 28 heavy (non-hydrogen) atoms. The van der Waals surface area contributed by atoms with E-state index in [-0.39, 0.29) is 23.9 Å². The van der Waals surface area contributed by atoms with Gasteiger partial charge in [-0.15, -0.1) is 0 Å². The van der Waals surface area contributed by atoms with Gasteiger partial charge in [-0.05, 0) is 42.5 Å². The molecule has 1 aliphatic heterocycles. The first kappa shape index (κ1) is 19.0. The van der Waals surface area contributed by atoms with E-state index >= 15 is 0 Å². The third kappa shape index (κ3) is 3.67. The summed E-state index contributed by atoms with van der Waals surface area (Å²) in [6, 6.07) is 15.8. The predicted molar refractivity (Wildman–Crippen MR) is 111 cm³/mol. The van der Waals surface area contributed by atoms with Crippen molar-refractivity contribution in [3.8, 4) is 0 Å². The Morgan fingerprint density at radius 1 is 0.964 bits per heavy atom. The zero-order chi connectivity index (χ0) is 19.7. The molecule has 1 fully saturated rings. The zero-order valence-electron chi connectivity index (χ0n) is 15.0. The molecule has 0 spiro atoms.